The van der Waals surface area contributed by atoms with E-state index in [-0.39, 0.29) is 23.6 Å². The molecular weight excluding hydrogens is 463 g/mol. The van der Waals surface area contributed by atoms with Crippen molar-refractivity contribution in [1.82, 2.24) is 4.98 Å². The van der Waals surface area contributed by atoms with Gasteiger partial charge in [-0.05, 0) is 21.0 Å². The summed E-state index contributed by atoms with van der Waals surface area (Å²) in [6, 6.07) is 20.7. The number of nitrogens with zero attached hydrogens (tertiary/aromatic N) is 2. The van der Waals surface area contributed by atoms with Gasteiger partial charge in [0.2, 0.25) is 0 Å². The summed E-state index contributed by atoms with van der Waals surface area (Å²) in [6.07, 6.45) is 4.02. The molecule has 1 aromatic heterocycles. The number of benzene rings is 2. The van der Waals surface area contributed by atoms with Gasteiger partial charge in [-0.2, -0.15) is 0 Å². The summed E-state index contributed by atoms with van der Waals surface area (Å²) in [6.45, 7) is 7.23. The first kappa shape index (κ1) is 26.2. The third-order valence-electron chi connectivity index (χ3n) is 5.74. The van der Waals surface area contributed by atoms with Gasteiger partial charge in [-0.25, -0.2) is 9.18 Å². The Morgan fingerprint density at radius 3 is 2.14 bits per heavy atom. The first-order valence-electron chi connectivity index (χ1n) is 11.4. The Hall–Kier alpha value is -3.36. The van der Waals surface area contributed by atoms with E-state index in [9.17, 15) is 9.18 Å². The predicted molar refractivity (Wildman–Crippen MR) is 137 cm³/mol. The van der Waals surface area contributed by atoms with Gasteiger partial charge >= 0.3 is 5.97 Å². The Morgan fingerprint density at radius 1 is 1.00 bits per heavy atom. The van der Waals surface area contributed by atoms with Crippen LogP contribution in [0.1, 0.15) is 36.7 Å². The van der Waals surface area contributed by atoms with Crippen LogP contribution in [0.15, 0.2) is 78.2 Å². The van der Waals surface area contributed by atoms with Gasteiger partial charge in [0.1, 0.15) is 12.2 Å². The van der Waals surface area contributed by atoms with Crippen LogP contribution >= 0.6 is 0 Å². The van der Waals surface area contributed by atoms with Gasteiger partial charge in [-0.15, -0.1) is 0 Å². The zero-order chi connectivity index (χ0) is 25.3. The number of hydrogen-bond donors (Lipinski definition) is 0. The van der Waals surface area contributed by atoms with E-state index in [1.54, 1.807) is 0 Å². The zero-order valence-electron chi connectivity index (χ0n) is 20.5. The smallest absolute Gasteiger partial charge is 0.341 e. The van der Waals surface area contributed by atoms with Crippen molar-refractivity contribution in [2.75, 3.05) is 20.3 Å². The van der Waals surface area contributed by atoms with Crippen LogP contribution in [-0.2, 0) is 20.4 Å². The largest absolute Gasteiger partial charge is 0.465 e. The Balaban J connectivity index is 1.69. The maximum atomic E-state index is 14.0. The fraction of sp³-hybridized carbons (Fsp3) is 0.296. The number of carbonyl (C=O) groups excluding carboxylic acids is 1. The van der Waals surface area contributed by atoms with Crippen LogP contribution in [0.5, 0.6) is 0 Å². The second kappa shape index (κ2) is 11.9. The third-order valence-corrected chi connectivity index (χ3v) is 10.8. The molecule has 0 saturated carbocycles. The van der Waals surface area contributed by atoms with Crippen LogP contribution in [0.2, 0.25) is 5.04 Å². The minimum atomic E-state index is -2.63. The van der Waals surface area contributed by atoms with E-state index in [1.807, 2.05) is 36.4 Å². The maximum absolute atomic E-state index is 14.0. The summed E-state index contributed by atoms with van der Waals surface area (Å²) in [4.78, 5) is 21.1. The number of oxime groups is 1. The third kappa shape index (κ3) is 6.01. The number of hydrogen-bond acceptors (Lipinski definition) is 6. The van der Waals surface area contributed by atoms with Gasteiger partial charge in [0.15, 0.2) is 5.82 Å². The van der Waals surface area contributed by atoms with E-state index in [0.29, 0.717) is 12.2 Å². The molecular formula is C27H31FN2O4Si. The fourth-order valence-corrected chi connectivity index (χ4v) is 8.74. The van der Waals surface area contributed by atoms with E-state index in [4.69, 9.17) is 9.26 Å². The summed E-state index contributed by atoms with van der Waals surface area (Å²) in [7, 11) is -1.43. The lowest BCUT2D eigenvalue weighted by atomic mass is 10.1. The number of rotatable bonds is 10. The minimum Gasteiger partial charge on any atom is -0.465 e. The summed E-state index contributed by atoms with van der Waals surface area (Å²) < 4.78 is 25.4. The number of pyridine rings is 1. The fourth-order valence-electron chi connectivity index (χ4n) is 4.20. The van der Waals surface area contributed by atoms with Gasteiger partial charge in [0.25, 0.3) is 8.32 Å². The van der Waals surface area contributed by atoms with Gasteiger partial charge in [-0.1, -0.05) is 86.6 Å². The second-order valence-electron chi connectivity index (χ2n) is 8.98. The van der Waals surface area contributed by atoms with E-state index in [2.05, 4.69) is 59.9 Å². The molecule has 35 heavy (non-hydrogen) atoms. The highest BCUT2D eigenvalue weighted by atomic mass is 28.4. The highest BCUT2D eigenvalue weighted by Gasteiger charge is 2.50. The predicted octanol–water partition coefficient (Wildman–Crippen LogP) is 4.13. The molecule has 8 heteroatoms. The van der Waals surface area contributed by atoms with Crippen molar-refractivity contribution in [3.05, 3.63) is 90.0 Å². The molecule has 0 amide bonds. The molecule has 6 nitrogen and oxygen atoms in total. The van der Waals surface area contributed by atoms with Crippen LogP contribution in [0.4, 0.5) is 4.39 Å². The van der Waals surface area contributed by atoms with Crippen molar-refractivity contribution in [2.24, 2.45) is 5.16 Å². The standard InChI is InChI=1S/C27H31FN2O4Si/c1-27(2,3)35(22-11-7-5-8-12-22,23-13-9-6-10-14-23)34-18-17-33-30-16-15-21-19-29-20-24(28)25(21)26(31)32-4/h5-14,16,19-20H,15,17-18H2,1-4H3. The molecule has 0 unspecified atom stereocenters. The Morgan fingerprint density at radius 2 is 1.60 bits per heavy atom. The minimum absolute atomic E-state index is 0.131. The van der Waals surface area contributed by atoms with Crippen LogP contribution in [0, 0.1) is 5.82 Å². The number of aromatic nitrogens is 1. The lowest BCUT2D eigenvalue weighted by Gasteiger charge is -2.42. The highest BCUT2D eigenvalue weighted by Crippen LogP contribution is 2.36. The first-order chi connectivity index (χ1) is 16.8. The Bertz CT molecular complexity index is 1100. The summed E-state index contributed by atoms with van der Waals surface area (Å²) in [5.41, 5.74) is 0.219. The van der Waals surface area contributed by atoms with Crippen molar-refractivity contribution >= 4 is 30.9 Å². The lowest BCUT2D eigenvalue weighted by Crippen LogP contribution is -2.66. The zero-order valence-corrected chi connectivity index (χ0v) is 21.5. The molecule has 0 aliphatic heterocycles. The number of carbonyl (C=O) groups is 1. The normalized spacial score (nSPS) is 12.0. The van der Waals surface area contributed by atoms with Crippen molar-refractivity contribution in [1.29, 1.82) is 0 Å². The van der Waals surface area contributed by atoms with Gasteiger partial charge in [0.05, 0.1) is 19.9 Å². The van der Waals surface area contributed by atoms with Gasteiger partial charge in [-0.3, -0.25) is 4.98 Å². The molecule has 0 aliphatic carbocycles. The topological polar surface area (TPSA) is 70.0 Å². The Kier molecular flexibility index (Phi) is 8.89. The van der Waals surface area contributed by atoms with E-state index in [1.165, 1.54) is 29.9 Å². The Labute approximate surface area is 206 Å². The van der Waals surface area contributed by atoms with E-state index >= 15 is 0 Å². The summed E-state index contributed by atoms with van der Waals surface area (Å²) in [5.74, 6) is -1.49. The van der Waals surface area contributed by atoms with Gasteiger partial charge < -0.3 is 14.0 Å². The molecule has 0 spiro atoms. The van der Waals surface area contributed by atoms with Crippen LogP contribution in [-0.4, -0.2) is 45.8 Å². The van der Waals surface area contributed by atoms with Crippen LogP contribution < -0.4 is 10.4 Å². The van der Waals surface area contributed by atoms with E-state index in [0.717, 1.165) is 6.20 Å². The van der Waals surface area contributed by atoms with Crippen LogP contribution in [0.3, 0.4) is 0 Å². The van der Waals surface area contributed by atoms with Crippen molar-refractivity contribution in [2.45, 2.75) is 32.2 Å². The molecule has 2 aromatic carbocycles. The SMILES string of the molecule is COC(=O)c1c(F)cncc1CC=NOCCO[Si](c1ccccc1)(c1ccccc1)C(C)(C)C. The molecule has 1 heterocycles. The molecule has 0 radical (unpaired) electrons. The summed E-state index contributed by atoms with van der Waals surface area (Å²) >= 11 is 0. The summed E-state index contributed by atoms with van der Waals surface area (Å²) in [5, 5.41) is 6.21. The molecule has 3 aromatic rings. The molecule has 0 fully saturated rings. The van der Waals surface area contributed by atoms with Gasteiger partial charge in [0, 0.05) is 18.8 Å². The number of esters is 1. The molecule has 0 N–H and O–H groups in total. The maximum Gasteiger partial charge on any atom is 0.341 e. The molecule has 184 valence electrons. The first-order valence-corrected chi connectivity index (χ1v) is 13.3. The van der Waals surface area contributed by atoms with Crippen molar-refractivity contribution in [3.8, 4) is 0 Å². The van der Waals surface area contributed by atoms with E-state index < -0.39 is 20.1 Å². The van der Waals surface area contributed by atoms with Crippen LogP contribution in [0.25, 0.3) is 0 Å². The average Bonchev–Trinajstić information content (AvgIpc) is 2.85. The number of ether oxygens (including phenoxy) is 1. The molecule has 0 aliphatic rings. The van der Waals surface area contributed by atoms with Crippen molar-refractivity contribution < 1.29 is 23.2 Å². The highest BCUT2D eigenvalue weighted by molar-refractivity contribution is 6.99. The molecule has 0 bridgehead atoms. The quantitative estimate of drug-likeness (QED) is 0.139. The monoisotopic (exact) mass is 494 g/mol. The van der Waals surface area contributed by atoms with Crippen molar-refractivity contribution in [3.63, 3.8) is 0 Å². The lowest BCUT2D eigenvalue weighted by molar-refractivity contribution is 0.0594. The molecule has 3 rings (SSSR count). The second-order valence-corrected chi connectivity index (χ2v) is 13.3. The molecule has 0 saturated heterocycles. The molecule has 0 atom stereocenters. The number of methoxy groups -OCH3 is 1. The number of halogens is 1. The average molecular weight is 495 g/mol.